The van der Waals surface area contributed by atoms with E-state index in [1.54, 1.807) is 13.0 Å². The Labute approximate surface area is 201 Å². The number of ether oxygens (including phenoxy) is 4. The van der Waals surface area contributed by atoms with Crippen LogP contribution in [0.5, 0.6) is 17.2 Å². The first-order chi connectivity index (χ1) is 16.0. The second-order valence-electron chi connectivity index (χ2n) is 10.6. The maximum Gasteiger partial charge on any atom is 0.340 e. The molecule has 6 nitrogen and oxygen atoms in total. The van der Waals surface area contributed by atoms with Gasteiger partial charge >= 0.3 is 5.97 Å². The highest BCUT2D eigenvalue weighted by Gasteiger charge is 2.24. The number of esters is 1. The van der Waals surface area contributed by atoms with Crippen molar-refractivity contribution >= 4 is 16.9 Å². The minimum Gasteiger partial charge on any atom is -0.487 e. The van der Waals surface area contributed by atoms with E-state index in [0.29, 0.717) is 28.3 Å². The average molecular weight is 464 g/mol. The van der Waals surface area contributed by atoms with Crippen molar-refractivity contribution in [3.63, 3.8) is 0 Å². The molecule has 2 aromatic carbocycles. The summed E-state index contributed by atoms with van der Waals surface area (Å²) in [5, 5.41) is 0.779. The van der Waals surface area contributed by atoms with E-state index in [2.05, 4.69) is 53.7 Å². The van der Waals surface area contributed by atoms with Crippen molar-refractivity contribution in [1.29, 1.82) is 0 Å². The molecule has 1 aliphatic heterocycles. The van der Waals surface area contributed by atoms with Gasteiger partial charge in [0.25, 0.3) is 0 Å². The van der Waals surface area contributed by atoms with E-state index in [9.17, 15) is 4.79 Å². The molecule has 0 saturated carbocycles. The van der Waals surface area contributed by atoms with Crippen molar-refractivity contribution in [2.75, 3.05) is 13.4 Å². The van der Waals surface area contributed by atoms with Crippen LogP contribution < -0.4 is 14.2 Å². The van der Waals surface area contributed by atoms with Gasteiger partial charge in [0.05, 0.1) is 23.4 Å². The smallest absolute Gasteiger partial charge is 0.340 e. The number of benzene rings is 2. The van der Waals surface area contributed by atoms with E-state index in [-0.39, 0.29) is 30.8 Å². The van der Waals surface area contributed by atoms with E-state index in [4.69, 9.17) is 23.9 Å². The Morgan fingerprint density at radius 2 is 1.68 bits per heavy atom. The topological polar surface area (TPSA) is 66.9 Å². The van der Waals surface area contributed by atoms with Gasteiger partial charge in [0.1, 0.15) is 12.4 Å². The maximum atomic E-state index is 12.8. The SMILES string of the molecule is CCOC(=O)c1cc2cc3c(cc2nc1COc1ccc(C(C)(C)C)cc1C(C)(C)C)OCO3. The van der Waals surface area contributed by atoms with Crippen molar-refractivity contribution < 1.29 is 23.7 Å². The van der Waals surface area contributed by atoms with Crippen LogP contribution in [0.15, 0.2) is 36.4 Å². The Kier molecular flexibility index (Phi) is 6.19. The van der Waals surface area contributed by atoms with Crippen LogP contribution in [-0.2, 0) is 22.2 Å². The molecule has 0 atom stereocenters. The predicted molar refractivity (Wildman–Crippen MR) is 132 cm³/mol. The molecule has 0 amide bonds. The molecule has 0 N–H and O–H groups in total. The molecule has 6 heteroatoms. The molecule has 3 aromatic rings. The second-order valence-corrected chi connectivity index (χ2v) is 10.6. The number of fused-ring (bicyclic) bond motifs is 2. The molecule has 0 saturated heterocycles. The first-order valence-electron chi connectivity index (χ1n) is 11.7. The second kappa shape index (κ2) is 8.82. The fourth-order valence-electron chi connectivity index (χ4n) is 3.95. The summed E-state index contributed by atoms with van der Waals surface area (Å²) in [5.41, 5.74) is 3.88. The van der Waals surface area contributed by atoms with Gasteiger partial charge in [-0.1, -0.05) is 53.7 Å². The van der Waals surface area contributed by atoms with Gasteiger partial charge in [0.15, 0.2) is 11.5 Å². The lowest BCUT2D eigenvalue weighted by atomic mass is 9.80. The summed E-state index contributed by atoms with van der Waals surface area (Å²) in [6, 6.07) is 11.8. The molecule has 2 heterocycles. The summed E-state index contributed by atoms with van der Waals surface area (Å²) in [4.78, 5) is 17.5. The number of aromatic nitrogens is 1. The van der Waals surface area contributed by atoms with E-state index in [1.165, 1.54) is 5.56 Å². The number of hydrogen-bond donors (Lipinski definition) is 0. The first kappa shape index (κ1) is 23.9. The number of carbonyl (C=O) groups is 1. The van der Waals surface area contributed by atoms with Crippen LogP contribution >= 0.6 is 0 Å². The summed E-state index contributed by atoms with van der Waals surface area (Å²) in [5.74, 6) is 1.64. The van der Waals surface area contributed by atoms with Crippen molar-refractivity contribution in [2.45, 2.75) is 65.9 Å². The monoisotopic (exact) mass is 463 g/mol. The predicted octanol–water partition coefficient (Wildman–Crippen LogP) is 6.31. The Morgan fingerprint density at radius 3 is 2.32 bits per heavy atom. The highest BCUT2D eigenvalue weighted by atomic mass is 16.7. The van der Waals surface area contributed by atoms with Gasteiger partial charge in [0, 0.05) is 11.5 Å². The van der Waals surface area contributed by atoms with Crippen LogP contribution in [0.4, 0.5) is 0 Å². The summed E-state index contributed by atoms with van der Waals surface area (Å²) in [6.45, 7) is 15.5. The van der Waals surface area contributed by atoms with E-state index in [1.807, 2.05) is 18.2 Å². The fraction of sp³-hybridized carbons (Fsp3) is 0.429. The maximum absolute atomic E-state index is 12.8. The summed E-state index contributed by atoms with van der Waals surface area (Å²) in [6.07, 6.45) is 0. The van der Waals surface area contributed by atoms with Crippen molar-refractivity contribution in [3.05, 3.63) is 58.8 Å². The first-order valence-corrected chi connectivity index (χ1v) is 11.7. The molecule has 0 aliphatic carbocycles. The average Bonchev–Trinajstić information content (AvgIpc) is 3.21. The minimum atomic E-state index is -0.424. The third kappa shape index (κ3) is 4.81. The van der Waals surface area contributed by atoms with E-state index in [0.717, 1.165) is 16.7 Å². The Morgan fingerprint density at radius 1 is 0.971 bits per heavy atom. The largest absolute Gasteiger partial charge is 0.487 e. The Balaban J connectivity index is 1.73. The number of rotatable bonds is 5. The fourth-order valence-corrected chi connectivity index (χ4v) is 3.95. The zero-order valence-electron chi connectivity index (χ0n) is 21.1. The lowest BCUT2D eigenvalue weighted by Gasteiger charge is -2.27. The lowest BCUT2D eigenvalue weighted by molar-refractivity contribution is 0.0522. The van der Waals surface area contributed by atoms with E-state index < -0.39 is 5.97 Å². The summed E-state index contributed by atoms with van der Waals surface area (Å²) < 4.78 is 22.6. The zero-order valence-corrected chi connectivity index (χ0v) is 21.1. The summed E-state index contributed by atoms with van der Waals surface area (Å²) in [7, 11) is 0. The number of carbonyl (C=O) groups excluding carboxylic acids is 1. The molecule has 0 spiro atoms. The molecule has 1 aliphatic rings. The van der Waals surface area contributed by atoms with Gasteiger partial charge < -0.3 is 18.9 Å². The molecule has 0 bridgehead atoms. The third-order valence-corrected chi connectivity index (χ3v) is 5.90. The third-order valence-electron chi connectivity index (χ3n) is 5.90. The number of hydrogen-bond acceptors (Lipinski definition) is 6. The van der Waals surface area contributed by atoms with Crippen LogP contribution in [0.3, 0.4) is 0 Å². The molecule has 1 aromatic heterocycles. The Hall–Kier alpha value is -3.28. The van der Waals surface area contributed by atoms with Crippen LogP contribution in [0.2, 0.25) is 0 Å². The molecular weight excluding hydrogens is 430 g/mol. The molecule has 34 heavy (non-hydrogen) atoms. The Bertz CT molecular complexity index is 1230. The molecule has 0 unspecified atom stereocenters. The van der Waals surface area contributed by atoms with Gasteiger partial charge in [-0.2, -0.15) is 0 Å². The van der Waals surface area contributed by atoms with Crippen molar-refractivity contribution in [1.82, 2.24) is 4.98 Å². The van der Waals surface area contributed by atoms with Gasteiger partial charge in [-0.3, -0.25) is 0 Å². The van der Waals surface area contributed by atoms with Crippen LogP contribution in [0, 0.1) is 0 Å². The van der Waals surface area contributed by atoms with Gasteiger partial charge in [-0.25, -0.2) is 9.78 Å². The lowest BCUT2D eigenvalue weighted by Crippen LogP contribution is -2.18. The van der Waals surface area contributed by atoms with Crippen LogP contribution in [0.25, 0.3) is 10.9 Å². The number of nitrogens with zero attached hydrogens (tertiary/aromatic N) is 1. The van der Waals surface area contributed by atoms with Crippen LogP contribution in [0.1, 0.15) is 75.6 Å². The van der Waals surface area contributed by atoms with E-state index >= 15 is 0 Å². The highest BCUT2D eigenvalue weighted by molar-refractivity contribution is 5.96. The van der Waals surface area contributed by atoms with Gasteiger partial charge in [-0.05, 0) is 47.1 Å². The molecule has 0 radical (unpaired) electrons. The van der Waals surface area contributed by atoms with Gasteiger partial charge in [-0.15, -0.1) is 0 Å². The molecule has 4 rings (SSSR count). The normalized spacial score (nSPS) is 13.3. The highest BCUT2D eigenvalue weighted by Crippen LogP contribution is 2.38. The molecule has 180 valence electrons. The quantitative estimate of drug-likeness (QED) is 0.413. The number of pyridine rings is 1. The molecular formula is C28H33NO5. The summed E-state index contributed by atoms with van der Waals surface area (Å²) >= 11 is 0. The standard InChI is InChI=1S/C28H33NO5/c1-8-31-26(30)19-11-17-12-24-25(34-16-33-24)14-21(17)29-22(19)15-32-23-10-9-18(27(2,3)4)13-20(23)28(5,6)7/h9-14H,8,15-16H2,1-7H3. The van der Waals surface area contributed by atoms with Crippen LogP contribution in [-0.4, -0.2) is 24.4 Å². The van der Waals surface area contributed by atoms with Gasteiger partial charge in [0.2, 0.25) is 6.79 Å². The minimum absolute atomic E-state index is 0.0293. The zero-order chi connectivity index (χ0) is 24.7. The van der Waals surface area contributed by atoms with Crippen molar-refractivity contribution in [2.24, 2.45) is 0 Å². The molecule has 0 fully saturated rings. The van der Waals surface area contributed by atoms with Crippen molar-refractivity contribution in [3.8, 4) is 17.2 Å².